The highest BCUT2D eigenvalue weighted by atomic mass is 14.4. The van der Waals surface area contributed by atoms with Crippen molar-refractivity contribution in [2.45, 2.75) is 106 Å². The Labute approximate surface area is 139 Å². The van der Waals surface area contributed by atoms with Crippen LogP contribution in [0.15, 0.2) is 0 Å². The van der Waals surface area contributed by atoms with Gasteiger partial charge in [0.25, 0.3) is 0 Å². The molecule has 0 N–H and O–H groups in total. The molecule has 126 valence electrons. The van der Waals surface area contributed by atoms with E-state index in [2.05, 4.69) is 83.1 Å². The van der Waals surface area contributed by atoms with Gasteiger partial charge in [-0.3, -0.25) is 0 Å². The van der Waals surface area contributed by atoms with Crippen LogP contribution in [-0.2, 0) is 22.7 Å². The second kappa shape index (κ2) is 5.69. The van der Waals surface area contributed by atoms with Crippen LogP contribution >= 0.6 is 0 Å². The van der Waals surface area contributed by atoms with Gasteiger partial charge in [-0.2, -0.15) is 0 Å². The van der Waals surface area contributed by atoms with E-state index in [0.717, 1.165) is 6.42 Å². The molecule has 0 aliphatic carbocycles. The van der Waals surface area contributed by atoms with Crippen LogP contribution in [0, 0.1) is 13.8 Å². The summed E-state index contributed by atoms with van der Waals surface area (Å²) in [6, 6.07) is 0. The van der Waals surface area contributed by atoms with E-state index >= 15 is 0 Å². The maximum atomic E-state index is 2.37. The van der Waals surface area contributed by atoms with Gasteiger partial charge in [-0.15, -0.1) is 0 Å². The average Bonchev–Trinajstić information content (AvgIpc) is 2.23. The van der Waals surface area contributed by atoms with Crippen molar-refractivity contribution >= 4 is 0 Å². The Hall–Kier alpha value is -0.780. The molecular weight excluding hydrogens is 264 g/mol. The Morgan fingerprint density at radius 3 is 1.00 bits per heavy atom. The first-order chi connectivity index (χ1) is 9.64. The third kappa shape index (κ3) is 3.42. The van der Waals surface area contributed by atoms with Crippen molar-refractivity contribution in [3.8, 4) is 0 Å². The first-order valence-electron chi connectivity index (χ1n) is 8.81. The molecule has 0 saturated carbocycles. The second-order valence-electron chi connectivity index (χ2n) is 9.96. The van der Waals surface area contributed by atoms with Crippen LogP contribution in [0.4, 0.5) is 0 Å². The van der Waals surface area contributed by atoms with E-state index in [1.807, 2.05) is 0 Å². The summed E-state index contributed by atoms with van der Waals surface area (Å²) < 4.78 is 0. The van der Waals surface area contributed by atoms with Gasteiger partial charge in [0.2, 0.25) is 0 Å². The normalized spacial score (nSPS) is 13.6. The molecule has 0 saturated heterocycles. The van der Waals surface area contributed by atoms with Crippen LogP contribution in [0.25, 0.3) is 0 Å². The molecule has 0 heterocycles. The summed E-state index contributed by atoms with van der Waals surface area (Å²) in [5.41, 5.74) is 9.83. The van der Waals surface area contributed by atoms with Gasteiger partial charge < -0.3 is 0 Å². The van der Waals surface area contributed by atoms with E-state index in [9.17, 15) is 0 Å². The highest BCUT2D eigenvalue weighted by Crippen LogP contribution is 2.45. The van der Waals surface area contributed by atoms with Crippen molar-refractivity contribution in [2.75, 3.05) is 0 Å². The van der Waals surface area contributed by atoms with Crippen LogP contribution < -0.4 is 0 Å². The number of rotatable bonds is 1. The monoisotopic (exact) mass is 302 g/mol. The van der Waals surface area contributed by atoms with Gasteiger partial charge in [0.05, 0.1) is 0 Å². The molecule has 1 rings (SSSR count). The highest BCUT2D eigenvalue weighted by molar-refractivity contribution is 5.58. The number of hydrogen-bond acceptors (Lipinski definition) is 0. The van der Waals surface area contributed by atoms with Crippen molar-refractivity contribution in [3.05, 3.63) is 33.4 Å². The lowest BCUT2D eigenvalue weighted by molar-refractivity contribution is 0.492. The molecule has 0 bridgehead atoms. The Bertz CT molecular complexity index is 511. The lowest BCUT2D eigenvalue weighted by Crippen LogP contribution is -2.31. The van der Waals surface area contributed by atoms with E-state index in [1.165, 1.54) is 11.1 Å². The lowest BCUT2D eigenvalue weighted by Gasteiger charge is -2.40. The van der Waals surface area contributed by atoms with Crippen LogP contribution in [0.3, 0.4) is 0 Å². The molecule has 0 fully saturated rings. The SMILES string of the molecule is CCc1c(C)c(C(C)(C)C)c(C(C)(C)C)c(C(C)(C)C)c1C. The van der Waals surface area contributed by atoms with Gasteiger partial charge in [-0.25, -0.2) is 0 Å². The molecule has 0 atom stereocenters. The van der Waals surface area contributed by atoms with E-state index in [0.29, 0.717) is 0 Å². The average molecular weight is 303 g/mol. The van der Waals surface area contributed by atoms with Crippen LogP contribution in [0.5, 0.6) is 0 Å². The fraction of sp³-hybridized carbons (Fsp3) is 0.727. The standard InChI is InChI=1S/C22H38/c1-13-16-14(2)17(20(4,5)6)19(22(10,11)12)18(15(16)3)21(7,8)9/h13H2,1-12H3. The molecule has 0 aromatic heterocycles. The fourth-order valence-electron chi connectivity index (χ4n) is 4.24. The maximum absolute atomic E-state index is 2.37. The third-order valence-electron chi connectivity index (χ3n) is 4.76. The van der Waals surface area contributed by atoms with Crippen molar-refractivity contribution in [1.82, 2.24) is 0 Å². The number of hydrogen-bond donors (Lipinski definition) is 0. The topological polar surface area (TPSA) is 0 Å². The van der Waals surface area contributed by atoms with E-state index in [-0.39, 0.29) is 16.2 Å². The first kappa shape index (κ1) is 19.3. The molecule has 0 aliphatic rings. The fourth-order valence-corrected chi connectivity index (χ4v) is 4.24. The molecule has 0 heteroatoms. The van der Waals surface area contributed by atoms with Crippen molar-refractivity contribution in [3.63, 3.8) is 0 Å². The molecule has 0 aliphatic heterocycles. The Morgan fingerprint density at radius 1 is 0.545 bits per heavy atom. The smallest absolute Gasteiger partial charge is 0.0126 e. The van der Waals surface area contributed by atoms with Crippen molar-refractivity contribution < 1.29 is 0 Å². The Balaban J connectivity index is 4.16. The summed E-state index contributed by atoms with van der Waals surface area (Å²) in [4.78, 5) is 0. The Kier molecular flexibility index (Phi) is 4.99. The van der Waals surface area contributed by atoms with Crippen molar-refractivity contribution in [1.29, 1.82) is 0 Å². The van der Waals surface area contributed by atoms with Crippen LogP contribution in [0.1, 0.15) is 103 Å². The third-order valence-corrected chi connectivity index (χ3v) is 4.76. The van der Waals surface area contributed by atoms with Gasteiger partial charge >= 0.3 is 0 Å². The number of benzene rings is 1. The minimum Gasteiger partial charge on any atom is -0.0613 e. The van der Waals surface area contributed by atoms with Crippen LogP contribution in [0.2, 0.25) is 0 Å². The lowest BCUT2D eigenvalue weighted by atomic mass is 9.65. The predicted molar refractivity (Wildman–Crippen MR) is 101 cm³/mol. The first-order valence-corrected chi connectivity index (χ1v) is 8.81. The molecule has 22 heavy (non-hydrogen) atoms. The zero-order chi connectivity index (χ0) is 17.7. The van der Waals surface area contributed by atoms with E-state index in [4.69, 9.17) is 0 Å². The molecule has 1 aromatic rings. The minimum atomic E-state index is 0.160. The molecular formula is C22H38. The summed E-state index contributed by atoms with van der Waals surface area (Å²) in [5, 5.41) is 0. The second-order valence-corrected chi connectivity index (χ2v) is 9.96. The minimum absolute atomic E-state index is 0.160. The van der Waals surface area contributed by atoms with Gasteiger partial charge in [0.1, 0.15) is 0 Å². The Morgan fingerprint density at radius 2 is 0.818 bits per heavy atom. The molecule has 0 radical (unpaired) electrons. The zero-order valence-corrected chi connectivity index (χ0v) is 17.2. The summed E-state index contributed by atoms with van der Waals surface area (Å²) in [5.74, 6) is 0. The molecule has 1 aromatic carbocycles. The zero-order valence-electron chi connectivity index (χ0n) is 17.2. The van der Waals surface area contributed by atoms with E-state index in [1.54, 1.807) is 22.3 Å². The van der Waals surface area contributed by atoms with Gasteiger partial charge in [-0.05, 0) is 69.9 Å². The summed E-state index contributed by atoms with van der Waals surface area (Å²) in [6.45, 7) is 28.3. The largest absolute Gasteiger partial charge is 0.0613 e. The summed E-state index contributed by atoms with van der Waals surface area (Å²) in [7, 11) is 0. The molecule has 0 nitrogen and oxygen atoms in total. The molecule has 0 unspecified atom stereocenters. The molecule has 0 spiro atoms. The van der Waals surface area contributed by atoms with Crippen LogP contribution in [-0.4, -0.2) is 0 Å². The maximum Gasteiger partial charge on any atom is -0.0126 e. The summed E-state index contributed by atoms with van der Waals surface area (Å²) >= 11 is 0. The molecule has 0 amide bonds. The van der Waals surface area contributed by atoms with Gasteiger partial charge in [0.15, 0.2) is 0 Å². The van der Waals surface area contributed by atoms with Crippen molar-refractivity contribution in [2.24, 2.45) is 0 Å². The van der Waals surface area contributed by atoms with E-state index < -0.39 is 0 Å². The van der Waals surface area contributed by atoms with Gasteiger partial charge in [-0.1, -0.05) is 69.2 Å². The van der Waals surface area contributed by atoms with Gasteiger partial charge in [0, 0.05) is 0 Å². The predicted octanol–water partition coefficient (Wildman–Crippen LogP) is 6.76. The summed E-state index contributed by atoms with van der Waals surface area (Å²) in [6.07, 6.45) is 1.12. The highest BCUT2D eigenvalue weighted by Gasteiger charge is 2.35. The quantitative estimate of drug-likeness (QED) is 0.537.